The summed E-state index contributed by atoms with van der Waals surface area (Å²) in [6.07, 6.45) is 1.82. The van der Waals surface area contributed by atoms with Gasteiger partial charge in [0.2, 0.25) is 0 Å². The van der Waals surface area contributed by atoms with Crippen molar-refractivity contribution in [2.45, 2.75) is 44.9 Å². The van der Waals surface area contributed by atoms with Crippen molar-refractivity contribution >= 4 is 5.91 Å². The second-order valence-corrected chi connectivity index (χ2v) is 6.82. The van der Waals surface area contributed by atoms with E-state index in [1.165, 1.54) is 30.3 Å². The van der Waals surface area contributed by atoms with Crippen LogP contribution in [0.15, 0.2) is 48.5 Å². The van der Waals surface area contributed by atoms with Gasteiger partial charge in [0.25, 0.3) is 5.91 Å². The van der Waals surface area contributed by atoms with Gasteiger partial charge in [-0.25, -0.2) is 8.78 Å². The summed E-state index contributed by atoms with van der Waals surface area (Å²) in [6, 6.07) is 12.1. The van der Waals surface area contributed by atoms with E-state index < -0.39 is 5.60 Å². The number of rotatable bonds is 6. The number of benzene rings is 2. The Hall–Kier alpha value is -2.43. The van der Waals surface area contributed by atoms with E-state index in [1.54, 1.807) is 36.9 Å². The molecule has 1 fully saturated rings. The molecule has 0 bridgehead atoms. The van der Waals surface area contributed by atoms with Gasteiger partial charge in [0.05, 0.1) is 0 Å². The molecule has 2 aromatic carbocycles. The highest BCUT2D eigenvalue weighted by Gasteiger charge is 2.41. The van der Waals surface area contributed by atoms with Crippen LogP contribution in [-0.2, 0) is 11.3 Å². The molecule has 1 amide bonds. The van der Waals surface area contributed by atoms with Crippen LogP contribution in [0.2, 0.25) is 0 Å². The Morgan fingerprint density at radius 1 is 1.12 bits per heavy atom. The molecule has 0 saturated heterocycles. The molecule has 0 atom stereocenters. The standard InChI is InChI=1S/C20H21F2NO2/c1-20(2,25-17-11-7-15(21)8-12-17)19(24)23(16-9-10-16)13-14-5-3-4-6-18(14)22/h3-8,11-12,16H,9-10,13H2,1-2H3. The zero-order valence-electron chi connectivity index (χ0n) is 14.3. The van der Waals surface area contributed by atoms with Gasteiger partial charge in [-0.2, -0.15) is 0 Å². The third kappa shape index (κ3) is 4.16. The molecule has 25 heavy (non-hydrogen) atoms. The summed E-state index contributed by atoms with van der Waals surface area (Å²) < 4.78 is 32.8. The van der Waals surface area contributed by atoms with E-state index in [-0.39, 0.29) is 30.1 Å². The van der Waals surface area contributed by atoms with Gasteiger partial charge >= 0.3 is 0 Å². The molecule has 132 valence electrons. The van der Waals surface area contributed by atoms with Gasteiger partial charge in [0, 0.05) is 18.2 Å². The van der Waals surface area contributed by atoms with Crippen LogP contribution in [-0.4, -0.2) is 22.4 Å². The molecule has 0 aliphatic heterocycles. The van der Waals surface area contributed by atoms with Crippen LogP contribution in [0.25, 0.3) is 0 Å². The molecule has 1 aliphatic carbocycles. The summed E-state index contributed by atoms with van der Waals surface area (Å²) in [5, 5.41) is 0. The maximum absolute atomic E-state index is 14.0. The fraction of sp³-hybridized carbons (Fsp3) is 0.350. The monoisotopic (exact) mass is 345 g/mol. The zero-order valence-corrected chi connectivity index (χ0v) is 14.3. The molecule has 0 spiro atoms. The first-order valence-corrected chi connectivity index (χ1v) is 8.36. The number of carbonyl (C=O) groups is 1. The minimum absolute atomic E-state index is 0.114. The van der Waals surface area contributed by atoms with Crippen LogP contribution in [0.3, 0.4) is 0 Å². The summed E-state index contributed by atoms with van der Waals surface area (Å²) in [4.78, 5) is 14.7. The van der Waals surface area contributed by atoms with Gasteiger partial charge in [-0.15, -0.1) is 0 Å². The minimum atomic E-state index is -1.13. The minimum Gasteiger partial charge on any atom is -0.478 e. The second-order valence-electron chi connectivity index (χ2n) is 6.82. The van der Waals surface area contributed by atoms with E-state index in [4.69, 9.17) is 4.74 Å². The van der Waals surface area contributed by atoms with E-state index in [1.807, 2.05) is 0 Å². The first-order chi connectivity index (χ1) is 11.9. The summed E-state index contributed by atoms with van der Waals surface area (Å²) in [6.45, 7) is 3.57. The topological polar surface area (TPSA) is 29.5 Å². The summed E-state index contributed by atoms with van der Waals surface area (Å²) in [7, 11) is 0. The van der Waals surface area contributed by atoms with Crippen LogP contribution in [0.1, 0.15) is 32.3 Å². The third-order valence-electron chi connectivity index (χ3n) is 4.25. The Kier molecular flexibility index (Phi) is 4.75. The van der Waals surface area contributed by atoms with Gasteiger partial charge in [0.15, 0.2) is 5.60 Å². The largest absolute Gasteiger partial charge is 0.478 e. The first kappa shape index (κ1) is 17.4. The smallest absolute Gasteiger partial charge is 0.266 e. The average Bonchev–Trinajstić information content (AvgIpc) is 3.40. The van der Waals surface area contributed by atoms with Gasteiger partial charge in [-0.1, -0.05) is 18.2 Å². The SMILES string of the molecule is CC(C)(Oc1ccc(F)cc1)C(=O)N(Cc1ccccc1F)C1CC1. The van der Waals surface area contributed by atoms with Crippen molar-refractivity contribution in [3.8, 4) is 5.75 Å². The van der Waals surface area contributed by atoms with Crippen LogP contribution >= 0.6 is 0 Å². The molecule has 3 rings (SSSR count). The molecule has 0 N–H and O–H groups in total. The third-order valence-corrected chi connectivity index (χ3v) is 4.25. The van der Waals surface area contributed by atoms with E-state index in [0.29, 0.717) is 11.3 Å². The molecule has 1 aliphatic rings. The van der Waals surface area contributed by atoms with Crippen LogP contribution in [0.4, 0.5) is 8.78 Å². The molecular formula is C20H21F2NO2. The van der Waals surface area contributed by atoms with E-state index in [9.17, 15) is 13.6 Å². The zero-order chi connectivity index (χ0) is 18.0. The van der Waals surface area contributed by atoms with Gasteiger partial charge in [-0.3, -0.25) is 4.79 Å². The Bertz CT molecular complexity index is 755. The van der Waals surface area contributed by atoms with Crippen molar-refractivity contribution < 1.29 is 18.3 Å². The molecular weight excluding hydrogens is 324 g/mol. The Morgan fingerprint density at radius 2 is 1.76 bits per heavy atom. The lowest BCUT2D eigenvalue weighted by molar-refractivity contribution is -0.146. The molecule has 3 nitrogen and oxygen atoms in total. The highest BCUT2D eigenvalue weighted by atomic mass is 19.1. The summed E-state index contributed by atoms with van der Waals surface area (Å²) in [5.41, 5.74) is -0.647. The fourth-order valence-electron chi connectivity index (χ4n) is 2.75. The lowest BCUT2D eigenvalue weighted by atomic mass is 10.1. The van der Waals surface area contributed by atoms with Crippen LogP contribution in [0, 0.1) is 11.6 Å². The van der Waals surface area contributed by atoms with Crippen molar-refractivity contribution in [2.24, 2.45) is 0 Å². The Labute approximate surface area is 146 Å². The molecule has 0 radical (unpaired) electrons. The highest BCUT2D eigenvalue weighted by Crippen LogP contribution is 2.32. The fourth-order valence-corrected chi connectivity index (χ4v) is 2.75. The van der Waals surface area contributed by atoms with Crippen molar-refractivity contribution in [2.75, 3.05) is 0 Å². The second kappa shape index (κ2) is 6.82. The van der Waals surface area contributed by atoms with Gasteiger partial charge < -0.3 is 9.64 Å². The van der Waals surface area contributed by atoms with Crippen molar-refractivity contribution in [3.63, 3.8) is 0 Å². The van der Waals surface area contributed by atoms with E-state index >= 15 is 0 Å². The number of amides is 1. The predicted molar refractivity (Wildman–Crippen MR) is 91.1 cm³/mol. The van der Waals surface area contributed by atoms with Crippen molar-refractivity contribution in [1.29, 1.82) is 0 Å². The van der Waals surface area contributed by atoms with Gasteiger partial charge in [0.1, 0.15) is 17.4 Å². The number of ether oxygens (including phenoxy) is 1. The van der Waals surface area contributed by atoms with E-state index in [2.05, 4.69) is 0 Å². The number of carbonyl (C=O) groups excluding carboxylic acids is 1. The molecule has 0 aromatic heterocycles. The van der Waals surface area contributed by atoms with Gasteiger partial charge in [-0.05, 0) is 57.0 Å². The quantitative estimate of drug-likeness (QED) is 0.781. The normalized spacial score (nSPS) is 14.2. The van der Waals surface area contributed by atoms with Crippen LogP contribution < -0.4 is 4.74 Å². The average molecular weight is 345 g/mol. The molecule has 1 saturated carbocycles. The first-order valence-electron chi connectivity index (χ1n) is 8.36. The van der Waals surface area contributed by atoms with Crippen LogP contribution in [0.5, 0.6) is 5.75 Å². The Balaban J connectivity index is 1.77. The lowest BCUT2D eigenvalue weighted by Gasteiger charge is -2.32. The van der Waals surface area contributed by atoms with Crippen molar-refractivity contribution in [3.05, 3.63) is 65.7 Å². The molecule has 5 heteroatoms. The number of hydrogen-bond donors (Lipinski definition) is 0. The lowest BCUT2D eigenvalue weighted by Crippen LogP contribution is -2.49. The Morgan fingerprint density at radius 3 is 2.36 bits per heavy atom. The number of nitrogens with zero attached hydrogens (tertiary/aromatic N) is 1. The van der Waals surface area contributed by atoms with E-state index in [0.717, 1.165) is 12.8 Å². The highest BCUT2D eigenvalue weighted by molar-refractivity contribution is 5.85. The molecule has 0 unspecified atom stereocenters. The maximum Gasteiger partial charge on any atom is 0.266 e. The summed E-state index contributed by atoms with van der Waals surface area (Å²) >= 11 is 0. The number of hydrogen-bond acceptors (Lipinski definition) is 2. The predicted octanol–water partition coefficient (Wildman–Crippen LogP) is 4.31. The van der Waals surface area contributed by atoms with Crippen molar-refractivity contribution in [1.82, 2.24) is 4.90 Å². The summed E-state index contributed by atoms with van der Waals surface area (Å²) in [5.74, 6) is -0.474. The number of halogens is 2. The molecule has 2 aromatic rings. The molecule has 0 heterocycles. The maximum atomic E-state index is 14.0.